The van der Waals surface area contributed by atoms with E-state index in [1.165, 1.54) is 6.42 Å². The number of benzene rings is 1. The Morgan fingerprint density at radius 1 is 1.16 bits per heavy atom. The molecule has 2 heteroatoms. The first-order valence-electron chi connectivity index (χ1n) is 7.00. The summed E-state index contributed by atoms with van der Waals surface area (Å²) in [5, 5.41) is 0. The lowest BCUT2D eigenvalue weighted by molar-refractivity contribution is 0.0335. The summed E-state index contributed by atoms with van der Waals surface area (Å²) in [5.41, 5.74) is 1.14. The van der Waals surface area contributed by atoms with E-state index < -0.39 is 0 Å². The zero-order chi connectivity index (χ0) is 14.1. The van der Waals surface area contributed by atoms with Crippen LogP contribution in [0.25, 0.3) is 6.08 Å². The van der Waals surface area contributed by atoms with Crippen molar-refractivity contribution in [2.75, 3.05) is 19.8 Å². The summed E-state index contributed by atoms with van der Waals surface area (Å²) in [7, 11) is 0. The number of unbranched alkanes of at least 4 members (excludes halogenated alkanes) is 1. The van der Waals surface area contributed by atoms with Crippen LogP contribution in [0.4, 0.5) is 0 Å². The third-order valence-corrected chi connectivity index (χ3v) is 2.88. The Kier molecular flexibility index (Phi) is 6.65. The van der Waals surface area contributed by atoms with Crippen molar-refractivity contribution in [2.24, 2.45) is 5.41 Å². The van der Waals surface area contributed by atoms with Gasteiger partial charge >= 0.3 is 0 Å². The molecular formula is C17H26O2. The van der Waals surface area contributed by atoms with Gasteiger partial charge in [0.15, 0.2) is 0 Å². The molecule has 1 rings (SSSR count). The summed E-state index contributed by atoms with van der Waals surface area (Å²) < 4.78 is 11.5. The summed E-state index contributed by atoms with van der Waals surface area (Å²) in [6, 6.07) is 7.97. The molecule has 0 amide bonds. The van der Waals surface area contributed by atoms with Gasteiger partial charge in [0.2, 0.25) is 0 Å². The predicted octanol–water partition coefficient (Wildman–Crippen LogP) is 4.55. The highest BCUT2D eigenvalue weighted by atomic mass is 16.5. The second-order valence-electron chi connectivity index (χ2n) is 5.63. The van der Waals surface area contributed by atoms with E-state index in [9.17, 15) is 0 Å². The van der Waals surface area contributed by atoms with E-state index in [1.54, 1.807) is 0 Å². The molecular weight excluding hydrogens is 236 g/mol. The molecule has 0 atom stereocenters. The molecule has 0 radical (unpaired) electrons. The molecule has 0 unspecified atom stereocenters. The van der Waals surface area contributed by atoms with Gasteiger partial charge in [-0.1, -0.05) is 52.0 Å². The molecule has 0 aliphatic carbocycles. The SMILES string of the molecule is C=Cc1ccc(OCC(C)(C)COCCCC)cc1. The highest BCUT2D eigenvalue weighted by Crippen LogP contribution is 2.20. The van der Waals surface area contributed by atoms with Crippen molar-refractivity contribution < 1.29 is 9.47 Å². The fourth-order valence-corrected chi connectivity index (χ4v) is 1.62. The Labute approximate surface area is 117 Å². The van der Waals surface area contributed by atoms with Crippen molar-refractivity contribution in [3.05, 3.63) is 36.4 Å². The summed E-state index contributed by atoms with van der Waals surface area (Å²) in [5.74, 6) is 0.896. The fraction of sp³-hybridized carbons (Fsp3) is 0.529. The third-order valence-electron chi connectivity index (χ3n) is 2.88. The minimum atomic E-state index is 0.0326. The topological polar surface area (TPSA) is 18.5 Å². The summed E-state index contributed by atoms with van der Waals surface area (Å²) >= 11 is 0. The molecule has 0 heterocycles. The Morgan fingerprint density at radius 3 is 2.42 bits per heavy atom. The zero-order valence-corrected chi connectivity index (χ0v) is 12.4. The normalized spacial score (nSPS) is 11.3. The summed E-state index contributed by atoms with van der Waals surface area (Å²) in [6.07, 6.45) is 4.13. The largest absolute Gasteiger partial charge is 0.493 e. The van der Waals surface area contributed by atoms with Crippen molar-refractivity contribution in [3.63, 3.8) is 0 Å². The highest BCUT2D eigenvalue weighted by Gasteiger charge is 2.19. The van der Waals surface area contributed by atoms with Gasteiger partial charge in [0.25, 0.3) is 0 Å². The van der Waals surface area contributed by atoms with Crippen LogP contribution in [0.1, 0.15) is 39.2 Å². The first-order valence-corrected chi connectivity index (χ1v) is 7.00. The molecule has 0 spiro atoms. The Bertz CT molecular complexity index is 365. The van der Waals surface area contributed by atoms with Gasteiger partial charge in [0, 0.05) is 12.0 Å². The maximum absolute atomic E-state index is 5.81. The monoisotopic (exact) mass is 262 g/mol. The maximum Gasteiger partial charge on any atom is 0.119 e. The average molecular weight is 262 g/mol. The minimum absolute atomic E-state index is 0.0326. The van der Waals surface area contributed by atoms with Gasteiger partial charge < -0.3 is 9.47 Å². The maximum atomic E-state index is 5.81. The van der Waals surface area contributed by atoms with Crippen LogP contribution in [0, 0.1) is 5.41 Å². The standard InChI is InChI=1S/C17H26O2/c1-5-7-12-18-13-17(3,4)14-19-16-10-8-15(6-2)9-11-16/h6,8-11H,2,5,7,12-14H2,1,3-4H3. The zero-order valence-electron chi connectivity index (χ0n) is 12.4. The molecule has 0 N–H and O–H groups in total. The van der Waals surface area contributed by atoms with E-state index in [0.717, 1.165) is 30.9 Å². The average Bonchev–Trinajstić information content (AvgIpc) is 2.42. The van der Waals surface area contributed by atoms with Gasteiger partial charge in [0.1, 0.15) is 5.75 Å². The first-order chi connectivity index (χ1) is 9.07. The van der Waals surface area contributed by atoms with Crippen LogP contribution in [0.5, 0.6) is 5.75 Å². The number of ether oxygens (including phenoxy) is 2. The second kappa shape index (κ2) is 8.00. The van der Waals surface area contributed by atoms with Crippen LogP contribution in [0.15, 0.2) is 30.8 Å². The molecule has 0 fully saturated rings. The van der Waals surface area contributed by atoms with Crippen LogP contribution in [-0.2, 0) is 4.74 Å². The van der Waals surface area contributed by atoms with Gasteiger partial charge in [0.05, 0.1) is 13.2 Å². The van der Waals surface area contributed by atoms with Crippen molar-refractivity contribution in [2.45, 2.75) is 33.6 Å². The highest BCUT2D eigenvalue weighted by molar-refractivity contribution is 5.48. The number of hydrogen-bond donors (Lipinski definition) is 0. The molecule has 1 aromatic rings. The lowest BCUT2D eigenvalue weighted by Crippen LogP contribution is -2.27. The van der Waals surface area contributed by atoms with Crippen molar-refractivity contribution in [1.29, 1.82) is 0 Å². The van der Waals surface area contributed by atoms with Gasteiger partial charge in [-0.05, 0) is 24.1 Å². The number of hydrogen-bond acceptors (Lipinski definition) is 2. The van der Waals surface area contributed by atoms with Gasteiger partial charge in [-0.15, -0.1) is 0 Å². The third kappa shape index (κ3) is 6.44. The van der Waals surface area contributed by atoms with Crippen LogP contribution >= 0.6 is 0 Å². The van der Waals surface area contributed by atoms with Crippen LogP contribution in [0.2, 0.25) is 0 Å². The lowest BCUT2D eigenvalue weighted by atomic mass is 9.96. The quantitative estimate of drug-likeness (QED) is 0.608. The Hall–Kier alpha value is -1.28. The van der Waals surface area contributed by atoms with Crippen LogP contribution in [-0.4, -0.2) is 19.8 Å². The fourth-order valence-electron chi connectivity index (χ4n) is 1.62. The van der Waals surface area contributed by atoms with Gasteiger partial charge in [-0.3, -0.25) is 0 Å². The van der Waals surface area contributed by atoms with Crippen LogP contribution in [0.3, 0.4) is 0 Å². The van der Waals surface area contributed by atoms with E-state index in [-0.39, 0.29) is 5.41 Å². The lowest BCUT2D eigenvalue weighted by Gasteiger charge is -2.24. The minimum Gasteiger partial charge on any atom is -0.493 e. The van der Waals surface area contributed by atoms with Gasteiger partial charge in [-0.2, -0.15) is 0 Å². The predicted molar refractivity (Wildman–Crippen MR) is 81.5 cm³/mol. The molecule has 0 aliphatic rings. The summed E-state index contributed by atoms with van der Waals surface area (Å²) in [6.45, 7) is 12.5. The van der Waals surface area contributed by atoms with Crippen molar-refractivity contribution in [3.8, 4) is 5.75 Å². The van der Waals surface area contributed by atoms with Crippen molar-refractivity contribution in [1.82, 2.24) is 0 Å². The molecule has 19 heavy (non-hydrogen) atoms. The molecule has 0 aliphatic heterocycles. The molecule has 0 bridgehead atoms. The molecule has 0 saturated heterocycles. The Balaban J connectivity index is 2.34. The molecule has 106 valence electrons. The van der Waals surface area contributed by atoms with E-state index in [2.05, 4.69) is 27.4 Å². The molecule has 0 saturated carbocycles. The molecule has 1 aromatic carbocycles. The van der Waals surface area contributed by atoms with Crippen LogP contribution < -0.4 is 4.74 Å². The van der Waals surface area contributed by atoms with E-state index in [4.69, 9.17) is 9.47 Å². The molecule has 0 aromatic heterocycles. The van der Waals surface area contributed by atoms with Crippen molar-refractivity contribution >= 4 is 6.08 Å². The van der Waals surface area contributed by atoms with E-state index >= 15 is 0 Å². The smallest absolute Gasteiger partial charge is 0.119 e. The second-order valence-corrected chi connectivity index (χ2v) is 5.63. The molecule has 2 nitrogen and oxygen atoms in total. The number of rotatable bonds is 9. The summed E-state index contributed by atoms with van der Waals surface area (Å²) in [4.78, 5) is 0. The Morgan fingerprint density at radius 2 is 1.84 bits per heavy atom. The van der Waals surface area contributed by atoms with E-state index in [1.807, 2.05) is 30.3 Å². The first kappa shape index (κ1) is 15.8. The van der Waals surface area contributed by atoms with E-state index in [0.29, 0.717) is 6.61 Å². The van der Waals surface area contributed by atoms with Gasteiger partial charge in [-0.25, -0.2) is 0 Å².